The van der Waals surface area contributed by atoms with Crippen molar-refractivity contribution in [3.63, 3.8) is 0 Å². The molecule has 0 bridgehead atoms. The van der Waals surface area contributed by atoms with Crippen LogP contribution in [-0.2, 0) is 19.6 Å². The van der Waals surface area contributed by atoms with Crippen molar-refractivity contribution < 1.29 is 31.5 Å². The van der Waals surface area contributed by atoms with Crippen LogP contribution < -0.4 is 9.62 Å². The van der Waals surface area contributed by atoms with Gasteiger partial charge in [-0.2, -0.15) is 0 Å². The number of carbonyl (C=O) groups excluding carboxylic acids is 2. The van der Waals surface area contributed by atoms with E-state index in [4.69, 9.17) is 4.74 Å². The zero-order chi connectivity index (χ0) is 25.7. The smallest absolute Gasteiger partial charge is 0.264 e. The molecule has 11 heteroatoms. The Kier molecular flexibility index (Phi) is 7.61. The number of halogens is 2. The number of carbonyl (C=O) groups is 2. The molecule has 0 saturated carbocycles. The van der Waals surface area contributed by atoms with Crippen LogP contribution >= 0.6 is 0 Å². The molecule has 0 spiro atoms. The van der Waals surface area contributed by atoms with Gasteiger partial charge in [-0.25, -0.2) is 17.2 Å². The van der Waals surface area contributed by atoms with Crippen molar-refractivity contribution in [1.29, 1.82) is 0 Å². The first kappa shape index (κ1) is 25.3. The van der Waals surface area contributed by atoms with Crippen molar-refractivity contribution in [2.75, 3.05) is 42.5 Å². The minimum absolute atomic E-state index is 0.0357. The van der Waals surface area contributed by atoms with Gasteiger partial charge in [0.1, 0.15) is 18.2 Å². The number of benzene rings is 3. The Morgan fingerprint density at radius 1 is 0.889 bits per heavy atom. The maximum absolute atomic E-state index is 13.5. The molecule has 3 aromatic carbocycles. The third-order valence-electron chi connectivity index (χ3n) is 5.53. The first-order chi connectivity index (χ1) is 17.3. The van der Waals surface area contributed by atoms with E-state index >= 15 is 0 Å². The fourth-order valence-electron chi connectivity index (χ4n) is 3.69. The largest absolute Gasteiger partial charge is 0.378 e. The zero-order valence-corrected chi connectivity index (χ0v) is 19.9. The van der Waals surface area contributed by atoms with Gasteiger partial charge in [0, 0.05) is 13.1 Å². The number of nitrogens with zero attached hydrogens (tertiary/aromatic N) is 2. The molecule has 188 valence electrons. The van der Waals surface area contributed by atoms with Crippen LogP contribution in [0.15, 0.2) is 77.7 Å². The number of morpholine rings is 1. The summed E-state index contributed by atoms with van der Waals surface area (Å²) >= 11 is 0. The quantitative estimate of drug-likeness (QED) is 0.521. The van der Waals surface area contributed by atoms with Crippen LogP contribution in [0.25, 0.3) is 0 Å². The molecular formula is C25H23F2N3O5S. The van der Waals surface area contributed by atoms with E-state index in [-0.39, 0.29) is 27.7 Å². The standard InChI is InChI=1S/C25H23F2N3O5S/c26-18-5-9-20(10-6-18)30(36(33,34)21-11-7-19(27)8-12-21)17-24(31)28-23-4-2-1-3-22(23)25(32)29-13-15-35-16-14-29/h1-12H,13-17H2,(H,28,31). The highest BCUT2D eigenvalue weighted by Gasteiger charge is 2.28. The number of para-hydroxylation sites is 1. The average Bonchev–Trinajstić information content (AvgIpc) is 2.88. The molecule has 1 N–H and O–H groups in total. The lowest BCUT2D eigenvalue weighted by Gasteiger charge is -2.28. The van der Waals surface area contributed by atoms with E-state index in [9.17, 15) is 26.8 Å². The van der Waals surface area contributed by atoms with E-state index in [0.717, 1.165) is 40.7 Å². The van der Waals surface area contributed by atoms with Crippen LogP contribution in [0.3, 0.4) is 0 Å². The lowest BCUT2D eigenvalue weighted by atomic mass is 10.1. The topological polar surface area (TPSA) is 96.0 Å². The summed E-state index contributed by atoms with van der Waals surface area (Å²) in [6.45, 7) is 0.971. The van der Waals surface area contributed by atoms with E-state index in [2.05, 4.69) is 5.32 Å². The Balaban J connectivity index is 1.61. The second kappa shape index (κ2) is 10.8. The summed E-state index contributed by atoms with van der Waals surface area (Å²) in [5, 5.41) is 2.62. The SMILES string of the molecule is O=C(CN(c1ccc(F)cc1)S(=O)(=O)c1ccc(F)cc1)Nc1ccccc1C(=O)N1CCOCC1. The van der Waals surface area contributed by atoms with Gasteiger partial charge in [0.15, 0.2) is 0 Å². The van der Waals surface area contributed by atoms with Crippen molar-refractivity contribution in [1.82, 2.24) is 4.90 Å². The highest BCUT2D eigenvalue weighted by atomic mass is 32.2. The highest BCUT2D eigenvalue weighted by Crippen LogP contribution is 2.25. The molecule has 2 amide bonds. The van der Waals surface area contributed by atoms with Crippen LogP contribution in [0, 0.1) is 11.6 Å². The Morgan fingerprint density at radius 2 is 1.47 bits per heavy atom. The number of amides is 2. The van der Waals surface area contributed by atoms with Gasteiger partial charge in [-0.15, -0.1) is 0 Å². The van der Waals surface area contributed by atoms with E-state index in [0.29, 0.717) is 26.3 Å². The van der Waals surface area contributed by atoms with Gasteiger partial charge in [-0.3, -0.25) is 13.9 Å². The summed E-state index contributed by atoms with van der Waals surface area (Å²) in [5.41, 5.74) is 0.508. The summed E-state index contributed by atoms with van der Waals surface area (Å²) < 4.78 is 59.7. The third kappa shape index (κ3) is 5.69. The number of hydrogen-bond donors (Lipinski definition) is 1. The molecule has 8 nitrogen and oxygen atoms in total. The van der Waals surface area contributed by atoms with E-state index in [1.807, 2.05) is 0 Å². The lowest BCUT2D eigenvalue weighted by Crippen LogP contribution is -2.41. The van der Waals surface area contributed by atoms with Crippen LogP contribution in [0.5, 0.6) is 0 Å². The molecule has 1 aliphatic rings. The molecule has 1 saturated heterocycles. The van der Waals surface area contributed by atoms with Crippen molar-refractivity contribution in [2.24, 2.45) is 0 Å². The predicted octanol–water partition coefficient (Wildman–Crippen LogP) is 3.27. The molecule has 1 fully saturated rings. The van der Waals surface area contributed by atoms with Crippen molar-refractivity contribution in [3.05, 3.63) is 90.0 Å². The number of ether oxygens (including phenoxy) is 1. The summed E-state index contributed by atoms with van der Waals surface area (Å²) in [6, 6.07) is 15.1. The molecule has 3 aromatic rings. The fourth-order valence-corrected chi connectivity index (χ4v) is 5.11. The Labute approximate surface area is 207 Å². The van der Waals surface area contributed by atoms with Gasteiger partial charge >= 0.3 is 0 Å². The maximum atomic E-state index is 13.5. The second-order valence-corrected chi connectivity index (χ2v) is 9.80. The van der Waals surface area contributed by atoms with Crippen LogP contribution in [0.1, 0.15) is 10.4 Å². The van der Waals surface area contributed by atoms with Crippen LogP contribution in [0.2, 0.25) is 0 Å². The zero-order valence-electron chi connectivity index (χ0n) is 19.1. The minimum Gasteiger partial charge on any atom is -0.378 e. The van der Waals surface area contributed by atoms with E-state index in [1.165, 1.54) is 12.1 Å². The van der Waals surface area contributed by atoms with E-state index < -0.39 is 34.1 Å². The second-order valence-electron chi connectivity index (χ2n) is 7.94. The van der Waals surface area contributed by atoms with Gasteiger partial charge in [-0.05, 0) is 60.7 Å². The average molecular weight is 516 g/mol. The third-order valence-corrected chi connectivity index (χ3v) is 7.32. The Bertz CT molecular complexity index is 1340. The number of anilines is 2. The lowest BCUT2D eigenvalue weighted by molar-refractivity contribution is -0.114. The molecule has 0 aliphatic carbocycles. The van der Waals surface area contributed by atoms with Gasteiger partial charge in [0.25, 0.3) is 15.9 Å². The minimum atomic E-state index is -4.32. The number of rotatable bonds is 7. The number of hydrogen-bond acceptors (Lipinski definition) is 5. The molecule has 1 aliphatic heterocycles. The normalized spacial score (nSPS) is 13.8. The molecule has 0 unspecified atom stereocenters. The molecule has 0 aromatic heterocycles. The number of nitrogens with one attached hydrogen (secondary N) is 1. The van der Waals surface area contributed by atoms with Gasteiger partial charge in [0.05, 0.1) is 35.0 Å². The Hall–Kier alpha value is -3.83. The molecule has 0 radical (unpaired) electrons. The molecule has 1 heterocycles. The molecule has 4 rings (SSSR count). The highest BCUT2D eigenvalue weighted by molar-refractivity contribution is 7.92. The maximum Gasteiger partial charge on any atom is 0.264 e. The molecule has 36 heavy (non-hydrogen) atoms. The van der Waals surface area contributed by atoms with Gasteiger partial charge < -0.3 is 15.0 Å². The van der Waals surface area contributed by atoms with Crippen LogP contribution in [-0.4, -0.2) is 58.0 Å². The summed E-state index contributed by atoms with van der Waals surface area (Å²) in [4.78, 5) is 27.4. The molecule has 0 atom stereocenters. The fraction of sp³-hybridized carbons (Fsp3) is 0.200. The van der Waals surface area contributed by atoms with Gasteiger partial charge in [-0.1, -0.05) is 12.1 Å². The van der Waals surface area contributed by atoms with Crippen molar-refractivity contribution >= 4 is 33.2 Å². The monoisotopic (exact) mass is 515 g/mol. The summed E-state index contributed by atoms with van der Waals surface area (Å²) in [7, 11) is -4.32. The predicted molar refractivity (Wildman–Crippen MR) is 129 cm³/mol. The van der Waals surface area contributed by atoms with Gasteiger partial charge in [0.2, 0.25) is 5.91 Å². The number of sulfonamides is 1. The molecular weight excluding hydrogens is 492 g/mol. The van der Waals surface area contributed by atoms with Crippen molar-refractivity contribution in [3.8, 4) is 0 Å². The first-order valence-corrected chi connectivity index (χ1v) is 12.5. The summed E-state index contributed by atoms with van der Waals surface area (Å²) in [6.07, 6.45) is 0. The first-order valence-electron chi connectivity index (χ1n) is 11.1. The Morgan fingerprint density at radius 3 is 2.11 bits per heavy atom. The summed E-state index contributed by atoms with van der Waals surface area (Å²) in [5.74, 6) is -2.23. The van der Waals surface area contributed by atoms with E-state index in [1.54, 1.807) is 29.2 Å². The van der Waals surface area contributed by atoms with Crippen LogP contribution in [0.4, 0.5) is 20.2 Å². The van der Waals surface area contributed by atoms with Crippen molar-refractivity contribution in [2.45, 2.75) is 4.90 Å².